The van der Waals surface area contributed by atoms with Crippen LogP contribution in [0.3, 0.4) is 0 Å². The van der Waals surface area contributed by atoms with Gasteiger partial charge >= 0.3 is 0 Å². The molecule has 0 unspecified atom stereocenters. The Kier molecular flexibility index (Phi) is 6.05. The van der Waals surface area contributed by atoms with Crippen LogP contribution in [0.2, 0.25) is 0 Å². The molecule has 3 heterocycles. The molecular formula is C44H27N3S. The molecule has 0 atom stereocenters. The number of benzene rings is 7. The van der Waals surface area contributed by atoms with Gasteiger partial charge in [-0.05, 0) is 70.1 Å². The number of hydrogen-bond donors (Lipinski definition) is 0. The van der Waals surface area contributed by atoms with Gasteiger partial charge in [-0.3, -0.25) is 0 Å². The SMILES string of the molecule is c1ccc(-c2ccc3sc4c(c(-c5ncccn5)cc5c4c4cc(-c6ccccc6)ccc4n5-c4cccc5ccccc45)c3c2)cc1. The predicted octanol–water partition coefficient (Wildman–Crippen LogP) is 12.1. The van der Waals surface area contributed by atoms with Crippen LogP contribution in [-0.4, -0.2) is 14.5 Å². The van der Waals surface area contributed by atoms with Gasteiger partial charge in [-0.1, -0.05) is 109 Å². The van der Waals surface area contributed by atoms with E-state index in [1.165, 1.54) is 69.5 Å². The van der Waals surface area contributed by atoms with Gasteiger partial charge in [0.15, 0.2) is 5.82 Å². The minimum absolute atomic E-state index is 0.730. The van der Waals surface area contributed by atoms with Crippen molar-refractivity contribution in [3.05, 3.63) is 164 Å². The van der Waals surface area contributed by atoms with Gasteiger partial charge in [0.05, 0.1) is 16.7 Å². The molecule has 0 spiro atoms. The van der Waals surface area contributed by atoms with E-state index >= 15 is 0 Å². The van der Waals surface area contributed by atoms with Crippen molar-refractivity contribution in [1.82, 2.24) is 14.5 Å². The lowest BCUT2D eigenvalue weighted by atomic mass is 9.98. The molecule has 0 aliphatic rings. The number of rotatable bonds is 4. The molecule has 0 aliphatic carbocycles. The summed E-state index contributed by atoms with van der Waals surface area (Å²) in [5.41, 5.74) is 9.35. The first-order valence-electron chi connectivity index (χ1n) is 16.2. The first-order valence-corrected chi connectivity index (χ1v) is 17.0. The Hall–Kier alpha value is -6.10. The molecule has 0 radical (unpaired) electrons. The van der Waals surface area contributed by atoms with Gasteiger partial charge in [-0.2, -0.15) is 0 Å². The topological polar surface area (TPSA) is 30.7 Å². The molecule has 0 aliphatic heterocycles. The standard InChI is InChI=1S/C44H27N3S/c1-3-11-28(12-4-1)31-19-21-38-34(25-31)42-39(47(38)37-18-9-16-30-15-7-8-17-33(30)37)27-36(44-45-23-10-24-46-44)41-35-26-32(29-13-5-2-6-14-29)20-22-40(35)48-43(41)42/h1-27H. The van der Waals surface area contributed by atoms with Crippen molar-refractivity contribution in [3.8, 4) is 39.3 Å². The van der Waals surface area contributed by atoms with Gasteiger partial charge in [0.2, 0.25) is 0 Å². The van der Waals surface area contributed by atoms with Crippen LogP contribution < -0.4 is 0 Å². The molecule has 0 N–H and O–H groups in total. The molecule has 224 valence electrons. The van der Waals surface area contributed by atoms with Gasteiger partial charge < -0.3 is 4.57 Å². The zero-order valence-corrected chi connectivity index (χ0v) is 26.7. The zero-order valence-electron chi connectivity index (χ0n) is 25.8. The van der Waals surface area contributed by atoms with Crippen molar-refractivity contribution in [1.29, 1.82) is 0 Å². The van der Waals surface area contributed by atoms with Gasteiger partial charge in [0.1, 0.15) is 0 Å². The lowest BCUT2D eigenvalue weighted by Crippen LogP contribution is -1.96. The number of hydrogen-bond acceptors (Lipinski definition) is 3. The van der Waals surface area contributed by atoms with Crippen molar-refractivity contribution in [2.45, 2.75) is 0 Å². The van der Waals surface area contributed by atoms with E-state index in [9.17, 15) is 0 Å². The van der Waals surface area contributed by atoms with Crippen LogP contribution >= 0.6 is 11.3 Å². The highest BCUT2D eigenvalue weighted by molar-refractivity contribution is 7.27. The third kappa shape index (κ3) is 4.13. The van der Waals surface area contributed by atoms with Crippen LogP contribution in [0.4, 0.5) is 0 Å². The third-order valence-electron chi connectivity index (χ3n) is 9.50. The quantitative estimate of drug-likeness (QED) is 0.194. The first kappa shape index (κ1) is 27.1. The minimum atomic E-state index is 0.730. The number of thiophene rings is 1. The van der Waals surface area contributed by atoms with Crippen molar-refractivity contribution in [3.63, 3.8) is 0 Å². The normalized spacial score (nSPS) is 11.8. The molecule has 3 nitrogen and oxygen atoms in total. The summed E-state index contributed by atoms with van der Waals surface area (Å²) in [4.78, 5) is 9.63. The van der Waals surface area contributed by atoms with Gasteiger partial charge in [-0.15, -0.1) is 11.3 Å². The zero-order chi connectivity index (χ0) is 31.6. The molecule has 7 aromatic carbocycles. The molecule has 4 heteroatoms. The molecular weight excluding hydrogens is 603 g/mol. The van der Waals surface area contributed by atoms with Gasteiger partial charge in [0, 0.05) is 54.3 Å². The predicted molar refractivity (Wildman–Crippen MR) is 203 cm³/mol. The molecule has 0 saturated carbocycles. The molecule has 0 bridgehead atoms. The summed E-state index contributed by atoms with van der Waals surface area (Å²) in [6, 6.07) is 54.6. The molecule has 10 rings (SSSR count). The highest BCUT2D eigenvalue weighted by atomic mass is 32.1. The Bertz CT molecular complexity index is 2810. The van der Waals surface area contributed by atoms with Gasteiger partial charge in [0.25, 0.3) is 0 Å². The lowest BCUT2D eigenvalue weighted by Gasteiger charge is -2.13. The summed E-state index contributed by atoms with van der Waals surface area (Å²) < 4.78 is 4.96. The second-order valence-corrected chi connectivity index (χ2v) is 13.3. The third-order valence-corrected chi connectivity index (χ3v) is 10.7. The second kappa shape index (κ2) is 10.7. The fraction of sp³-hybridized carbons (Fsp3) is 0. The maximum absolute atomic E-state index is 4.82. The maximum atomic E-state index is 4.82. The van der Waals surface area contributed by atoms with E-state index in [1.807, 2.05) is 29.8 Å². The average Bonchev–Trinajstić information content (AvgIpc) is 3.70. The Morgan fingerprint density at radius 3 is 1.90 bits per heavy atom. The Labute approximate surface area is 281 Å². The number of nitrogens with zero attached hydrogens (tertiary/aromatic N) is 3. The molecule has 0 amide bonds. The summed E-state index contributed by atoms with van der Waals surface area (Å²) in [6.45, 7) is 0. The minimum Gasteiger partial charge on any atom is -0.309 e. The number of aromatic nitrogens is 3. The van der Waals surface area contributed by atoms with Crippen LogP contribution in [-0.2, 0) is 0 Å². The van der Waals surface area contributed by atoms with E-state index in [0.29, 0.717) is 0 Å². The Morgan fingerprint density at radius 1 is 0.458 bits per heavy atom. The molecule has 0 saturated heterocycles. The molecule has 0 fully saturated rings. The smallest absolute Gasteiger partial charge is 0.159 e. The van der Waals surface area contributed by atoms with E-state index in [2.05, 4.69) is 150 Å². The molecule has 10 aromatic rings. The largest absolute Gasteiger partial charge is 0.309 e. The first-order chi connectivity index (χ1) is 23.8. The van der Waals surface area contributed by atoms with Crippen molar-refractivity contribution < 1.29 is 0 Å². The van der Waals surface area contributed by atoms with E-state index < -0.39 is 0 Å². The van der Waals surface area contributed by atoms with Crippen LogP contribution in [0.1, 0.15) is 0 Å². The van der Waals surface area contributed by atoms with Crippen LogP contribution in [0, 0.1) is 0 Å². The summed E-state index contributed by atoms with van der Waals surface area (Å²) >= 11 is 1.86. The summed E-state index contributed by atoms with van der Waals surface area (Å²) in [5, 5.41) is 7.35. The maximum Gasteiger partial charge on any atom is 0.159 e. The van der Waals surface area contributed by atoms with Crippen molar-refractivity contribution in [2.24, 2.45) is 0 Å². The van der Waals surface area contributed by atoms with Crippen LogP contribution in [0.5, 0.6) is 0 Å². The average molecular weight is 630 g/mol. The van der Waals surface area contributed by atoms with E-state index in [0.717, 1.165) is 22.6 Å². The van der Waals surface area contributed by atoms with E-state index in [1.54, 1.807) is 0 Å². The van der Waals surface area contributed by atoms with Crippen molar-refractivity contribution >= 4 is 64.1 Å². The Balaban J connectivity index is 1.40. The highest BCUT2D eigenvalue weighted by Gasteiger charge is 2.23. The summed E-state index contributed by atoms with van der Waals surface area (Å²) in [5.74, 6) is 0.730. The monoisotopic (exact) mass is 629 g/mol. The summed E-state index contributed by atoms with van der Waals surface area (Å²) in [7, 11) is 0. The van der Waals surface area contributed by atoms with E-state index in [-0.39, 0.29) is 0 Å². The highest BCUT2D eigenvalue weighted by Crippen LogP contribution is 2.48. The lowest BCUT2D eigenvalue weighted by molar-refractivity contribution is 1.17. The number of fused-ring (bicyclic) bond motifs is 8. The fourth-order valence-corrected chi connectivity index (χ4v) is 8.60. The molecule has 3 aromatic heterocycles. The van der Waals surface area contributed by atoms with E-state index in [4.69, 9.17) is 9.97 Å². The second-order valence-electron chi connectivity index (χ2n) is 12.2. The Morgan fingerprint density at radius 2 is 1.12 bits per heavy atom. The fourth-order valence-electron chi connectivity index (χ4n) is 7.33. The van der Waals surface area contributed by atoms with Crippen molar-refractivity contribution in [2.75, 3.05) is 0 Å². The van der Waals surface area contributed by atoms with Gasteiger partial charge in [-0.25, -0.2) is 9.97 Å². The van der Waals surface area contributed by atoms with Crippen LogP contribution in [0.15, 0.2) is 164 Å². The summed E-state index contributed by atoms with van der Waals surface area (Å²) in [6.07, 6.45) is 3.68. The molecule has 48 heavy (non-hydrogen) atoms. The van der Waals surface area contributed by atoms with Crippen LogP contribution in [0.25, 0.3) is 92.1 Å².